The summed E-state index contributed by atoms with van der Waals surface area (Å²) in [5, 5.41) is 29.8. The number of nitrogens with one attached hydrogen (secondary N) is 3. The molecule has 4 heterocycles. The number of methoxy groups -OCH3 is 1. The lowest BCUT2D eigenvalue weighted by Gasteiger charge is -2.31. The zero-order valence-corrected chi connectivity index (χ0v) is 44.5. The van der Waals surface area contributed by atoms with Gasteiger partial charge in [0.05, 0.1) is 18.2 Å². The van der Waals surface area contributed by atoms with Crippen molar-refractivity contribution in [2.24, 2.45) is 15.7 Å². The summed E-state index contributed by atoms with van der Waals surface area (Å²) >= 11 is 3.23. The van der Waals surface area contributed by atoms with Crippen LogP contribution in [0.1, 0.15) is 142 Å². The Morgan fingerprint density at radius 3 is 1.49 bits per heavy atom. The fraction of sp³-hybridized carbons (Fsp3) is 0.481. The van der Waals surface area contributed by atoms with Gasteiger partial charge in [-0.2, -0.15) is 10.5 Å². The van der Waals surface area contributed by atoms with E-state index in [0.29, 0.717) is 48.0 Å². The van der Waals surface area contributed by atoms with Crippen LogP contribution in [0.3, 0.4) is 0 Å². The highest BCUT2D eigenvalue weighted by molar-refractivity contribution is 7.12. The van der Waals surface area contributed by atoms with E-state index in [1.807, 2.05) is 76.8 Å². The number of aliphatic imine (C=N–C) groups is 2. The van der Waals surface area contributed by atoms with Crippen LogP contribution >= 0.6 is 22.7 Å². The topological polar surface area (TPSA) is 218 Å². The molecule has 2 aromatic heterocycles. The summed E-state index contributed by atoms with van der Waals surface area (Å²) < 4.78 is 4.86. The third kappa shape index (κ3) is 15.1. The largest absolute Gasteiger partial charge is 0.465 e. The highest BCUT2D eigenvalue weighted by Crippen LogP contribution is 2.38. The van der Waals surface area contributed by atoms with Crippen molar-refractivity contribution >= 4 is 69.2 Å². The van der Waals surface area contributed by atoms with Crippen LogP contribution in [0.5, 0.6) is 0 Å². The van der Waals surface area contributed by atoms with Crippen molar-refractivity contribution in [3.63, 3.8) is 0 Å². The number of esters is 1. The standard InChI is InChI=1S/C26H33N5O2S.C18H24N4O2S.C9H13NO.CH4/c1-6-20(19-7-9-31(10-8-19)26(28-5)30-15-27)24-18(4)22(14-34-24)25(33)29-13-21-17(3)11-16(2)12-23(21)32;1-5-14(16-12(2)15(10-25-16)17(23)24-4)13-6-8-22(9-7-13)18(20-3)21-11-19;1-6-3-7(2)8(5-10)9(11)4-6;/h11,14H,6-10,12-13H2,1-5H3,(H,28,30)(H,29,33);10H,5-9H2,1-4H3,(H,20,21);3H,4-5,10H2,1-2H3;1H4. The number of rotatable bonds is 9. The highest BCUT2D eigenvalue weighted by Gasteiger charge is 2.26. The number of piperidine rings is 2. The number of Topliss-reactive ketones (excluding diaryl/α,β-unsaturated/α-hetero) is 2. The van der Waals surface area contributed by atoms with Gasteiger partial charge < -0.3 is 25.6 Å². The van der Waals surface area contributed by atoms with E-state index in [-0.39, 0.29) is 37.4 Å². The molecule has 0 aromatic carbocycles. The van der Waals surface area contributed by atoms with Crippen LogP contribution in [-0.2, 0) is 14.3 Å². The fourth-order valence-corrected chi connectivity index (χ4v) is 11.8. The van der Waals surface area contributed by atoms with Crippen molar-refractivity contribution in [3.05, 3.63) is 99.5 Å². The van der Waals surface area contributed by atoms with Gasteiger partial charge in [0.2, 0.25) is 11.9 Å². The summed E-state index contributed by atoms with van der Waals surface area (Å²) in [7, 11) is 4.78. The molecule has 5 N–H and O–H groups in total. The number of ketones is 2. The summed E-state index contributed by atoms with van der Waals surface area (Å²) in [5.41, 5.74) is 19.9. The Hall–Kier alpha value is -6.40. The zero-order chi connectivity index (χ0) is 51.7. The third-order valence-electron chi connectivity index (χ3n) is 13.0. The summed E-state index contributed by atoms with van der Waals surface area (Å²) in [6.07, 6.45) is 14.4. The maximum Gasteiger partial charge on any atom is 0.338 e. The summed E-state index contributed by atoms with van der Waals surface area (Å²) in [6, 6.07) is 0. The molecular formula is C54H74N10O5S2. The minimum absolute atomic E-state index is 0. The number of hydrogen-bond donors (Lipinski definition) is 4. The number of guanidine groups is 2. The molecule has 2 aromatic rings. The molecule has 4 aliphatic rings. The number of thiophene rings is 2. The van der Waals surface area contributed by atoms with Crippen LogP contribution in [0, 0.1) is 36.8 Å². The van der Waals surface area contributed by atoms with E-state index in [4.69, 9.17) is 21.0 Å². The molecule has 17 heteroatoms. The molecular weight excluding hydrogens is 933 g/mol. The third-order valence-corrected chi connectivity index (χ3v) is 15.3. The minimum Gasteiger partial charge on any atom is -0.465 e. The van der Waals surface area contributed by atoms with E-state index in [2.05, 4.69) is 49.6 Å². The van der Waals surface area contributed by atoms with E-state index in [1.165, 1.54) is 39.2 Å². The van der Waals surface area contributed by atoms with Gasteiger partial charge in [-0.3, -0.25) is 35.0 Å². The molecule has 2 aliphatic carbocycles. The Bertz CT molecular complexity index is 2640. The number of carbonyl (C=O) groups is 4. The van der Waals surface area contributed by atoms with Crippen LogP contribution in [0.2, 0.25) is 0 Å². The molecule has 6 rings (SSSR count). The van der Waals surface area contributed by atoms with Gasteiger partial charge in [0.1, 0.15) is 0 Å². The lowest BCUT2D eigenvalue weighted by Crippen LogP contribution is -2.42. The predicted octanol–water partition coefficient (Wildman–Crippen LogP) is 9.31. The first-order valence-electron chi connectivity index (χ1n) is 23.7. The SMILES string of the molecule is C.CC1=CC(C)=C(CN)C(=O)C1.CCC(=C1CCN(C(=NC)NC#N)CC1)c1scc(C(=O)NCC2=C(C)C=C(C)CC2=O)c1C.CCC(=C1CCN(C(=NC)NC#N)CC1)c1scc(C(=O)OC)c1C. The van der Waals surface area contributed by atoms with E-state index in [9.17, 15) is 19.2 Å². The van der Waals surface area contributed by atoms with Crippen LogP contribution in [0.4, 0.5) is 0 Å². The van der Waals surface area contributed by atoms with Crippen molar-refractivity contribution in [3.8, 4) is 12.4 Å². The lowest BCUT2D eigenvalue weighted by molar-refractivity contribution is -0.115. The van der Waals surface area contributed by atoms with E-state index in [0.717, 1.165) is 104 Å². The summed E-state index contributed by atoms with van der Waals surface area (Å²) in [6.45, 7) is 20.0. The Labute approximate surface area is 429 Å². The quantitative estimate of drug-likeness (QED) is 0.0607. The van der Waals surface area contributed by atoms with Crippen LogP contribution in [0.15, 0.2) is 77.5 Å². The first kappa shape index (κ1) is 58.9. The lowest BCUT2D eigenvalue weighted by atomic mass is 9.92. The highest BCUT2D eigenvalue weighted by atomic mass is 32.1. The van der Waals surface area contributed by atoms with Crippen LogP contribution < -0.4 is 21.7 Å². The van der Waals surface area contributed by atoms with Gasteiger partial charge in [0.25, 0.3) is 5.91 Å². The number of allylic oxidation sites excluding steroid dienone is 8. The van der Waals surface area contributed by atoms with Crippen molar-refractivity contribution in [2.45, 2.75) is 114 Å². The van der Waals surface area contributed by atoms with Crippen molar-refractivity contribution in [2.75, 3.05) is 60.5 Å². The van der Waals surface area contributed by atoms with Crippen LogP contribution in [0.25, 0.3) is 11.1 Å². The molecule has 0 unspecified atom stereocenters. The summed E-state index contributed by atoms with van der Waals surface area (Å²) in [4.78, 5) is 63.3. The Morgan fingerprint density at radius 1 is 0.718 bits per heavy atom. The fourth-order valence-electron chi connectivity index (χ4n) is 9.29. The molecule has 2 fully saturated rings. The van der Waals surface area contributed by atoms with E-state index >= 15 is 0 Å². The average molecular weight is 1010 g/mol. The van der Waals surface area contributed by atoms with E-state index < -0.39 is 0 Å². The molecule has 1 amide bonds. The van der Waals surface area contributed by atoms with Crippen molar-refractivity contribution < 1.29 is 23.9 Å². The van der Waals surface area contributed by atoms with Gasteiger partial charge in [-0.05, 0) is 113 Å². The number of carbonyl (C=O) groups excluding carboxylic acids is 4. The molecule has 2 aliphatic heterocycles. The molecule has 0 bridgehead atoms. The first-order chi connectivity index (χ1) is 33.5. The second-order valence-electron chi connectivity index (χ2n) is 17.5. The maximum atomic E-state index is 13.0. The Kier molecular flexibility index (Phi) is 23.6. The van der Waals surface area contributed by atoms with Gasteiger partial charge >= 0.3 is 5.97 Å². The normalized spacial score (nSPS) is 16.3. The number of nitrogens with two attached hydrogens (primary N) is 1. The number of nitriles is 2. The van der Waals surface area contributed by atoms with Crippen molar-refractivity contribution in [1.29, 1.82) is 10.5 Å². The molecule has 0 saturated carbocycles. The number of nitrogens with zero attached hydrogens (tertiary/aromatic N) is 6. The number of ether oxygens (including phenoxy) is 1. The van der Waals surface area contributed by atoms with Crippen molar-refractivity contribution in [1.82, 2.24) is 25.8 Å². The molecule has 0 radical (unpaired) electrons. The van der Waals surface area contributed by atoms with E-state index in [1.54, 1.807) is 36.8 Å². The first-order valence-corrected chi connectivity index (χ1v) is 25.5. The molecule has 382 valence electrons. The predicted molar refractivity (Wildman–Crippen MR) is 290 cm³/mol. The maximum absolute atomic E-state index is 13.0. The average Bonchev–Trinajstić information content (AvgIpc) is 3.92. The van der Waals surface area contributed by atoms with Gasteiger partial charge in [-0.15, -0.1) is 22.7 Å². The van der Waals surface area contributed by atoms with Gasteiger partial charge in [0.15, 0.2) is 24.0 Å². The monoisotopic (exact) mass is 1010 g/mol. The van der Waals surface area contributed by atoms with Gasteiger partial charge in [0, 0.05) is 97.9 Å². The number of likely N-dealkylation sites (tertiary alicyclic amines) is 2. The molecule has 2 saturated heterocycles. The van der Waals surface area contributed by atoms with Gasteiger partial charge in [-0.25, -0.2) is 4.79 Å². The number of amides is 1. The number of hydrogen-bond acceptors (Lipinski definition) is 12. The molecule has 0 spiro atoms. The smallest absolute Gasteiger partial charge is 0.338 e. The Morgan fingerprint density at radius 2 is 1.13 bits per heavy atom. The van der Waals surface area contributed by atoms with Crippen LogP contribution in [-0.4, -0.2) is 106 Å². The summed E-state index contributed by atoms with van der Waals surface area (Å²) in [5.74, 6) is 1.09. The second kappa shape index (κ2) is 28.4. The molecule has 71 heavy (non-hydrogen) atoms. The second-order valence-corrected chi connectivity index (χ2v) is 19.3. The minimum atomic E-state index is -0.276. The van der Waals surface area contributed by atoms with Gasteiger partial charge in [-0.1, -0.05) is 55.7 Å². The molecule has 0 atom stereocenters. The Balaban J connectivity index is 0.000000314. The zero-order valence-electron chi connectivity index (χ0n) is 42.8. The molecule has 15 nitrogen and oxygen atoms in total.